The van der Waals surface area contributed by atoms with Gasteiger partial charge in [0.1, 0.15) is 0 Å². The molecule has 1 amide bonds. The van der Waals surface area contributed by atoms with Crippen molar-refractivity contribution in [1.29, 1.82) is 0 Å². The Bertz CT molecular complexity index is 525. The zero-order valence-electron chi connectivity index (χ0n) is 11.0. The van der Waals surface area contributed by atoms with Crippen molar-refractivity contribution in [2.75, 3.05) is 0 Å². The first kappa shape index (κ1) is 12.3. The molecule has 1 aromatic rings. The van der Waals surface area contributed by atoms with Crippen molar-refractivity contribution in [3.63, 3.8) is 0 Å². The molecule has 19 heavy (non-hydrogen) atoms. The smallest absolute Gasteiger partial charge is 0.257 e. The predicted octanol–water partition coefficient (Wildman–Crippen LogP) is 2.93. The number of hydrogen-bond donors (Lipinski definition) is 0. The molecule has 3 nitrogen and oxygen atoms in total. The second kappa shape index (κ2) is 4.76. The van der Waals surface area contributed by atoms with Crippen molar-refractivity contribution in [3.8, 4) is 0 Å². The van der Waals surface area contributed by atoms with E-state index in [0.717, 1.165) is 31.9 Å². The van der Waals surface area contributed by atoms with E-state index in [1.165, 1.54) is 17.8 Å². The lowest BCUT2D eigenvalue weighted by Gasteiger charge is -2.36. The monoisotopic (exact) mass is 260 g/mol. The molecule has 2 aliphatic rings. The lowest BCUT2D eigenvalue weighted by atomic mass is 9.96. The van der Waals surface area contributed by atoms with Crippen LogP contribution < -0.4 is 0 Å². The lowest BCUT2D eigenvalue weighted by Crippen LogP contribution is -2.45. The summed E-state index contributed by atoms with van der Waals surface area (Å²) in [7, 11) is 0. The van der Waals surface area contributed by atoms with E-state index in [2.05, 4.69) is 18.0 Å². The fourth-order valence-electron chi connectivity index (χ4n) is 3.31. The quantitative estimate of drug-likeness (QED) is 0.727. The summed E-state index contributed by atoms with van der Waals surface area (Å²) in [5, 5.41) is 0. The van der Waals surface area contributed by atoms with Gasteiger partial charge in [0.05, 0.1) is 11.8 Å². The van der Waals surface area contributed by atoms with Gasteiger partial charge in [-0.25, -0.2) is 4.39 Å². The van der Waals surface area contributed by atoms with Crippen LogP contribution in [-0.4, -0.2) is 27.9 Å². The zero-order valence-corrected chi connectivity index (χ0v) is 11.0. The molecule has 2 bridgehead atoms. The lowest BCUT2D eigenvalue weighted by molar-refractivity contribution is 0.0629. The molecule has 0 saturated carbocycles. The van der Waals surface area contributed by atoms with Crippen LogP contribution in [0.5, 0.6) is 0 Å². The third-order valence-corrected chi connectivity index (χ3v) is 4.26. The molecular weight excluding hydrogens is 243 g/mol. The van der Waals surface area contributed by atoms with Crippen molar-refractivity contribution >= 4 is 5.91 Å². The summed E-state index contributed by atoms with van der Waals surface area (Å²) in [5.74, 6) is -0.703. The van der Waals surface area contributed by atoms with E-state index in [1.54, 1.807) is 0 Å². The van der Waals surface area contributed by atoms with Crippen LogP contribution in [0.2, 0.25) is 0 Å². The minimum atomic E-state index is -0.524. The molecule has 1 aromatic heterocycles. The molecule has 2 unspecified atom stereocenters. The van der Waals surface area contributed by atoms with Crippen molar-refractivity contribution in [2.45, 2.75) is 44.7 Å². The van der Waals surface area contributed by atoms with Gasteiger partial charge in [-0.3, -0.25) is 9.78 Å². The molecule has 0 N–H and O–H groups in total. The summed E-state index contributed by atoms with van der Waals surface area (Å²) in [4.78, 5) is 18.1. The molecule has 2 saturated heterocycles. The predicted molar refractivity (Wildman–Crippen MR) is 70.2 cm³/mol. The summed E-state index contributed by atoms with van der Waals surface area (Å²) in [6.45, 7) is 2.05. The van der Waals surface area contributed by atoms with E-state index in [-0.39, 0.29) is 23.6 Å². The highest BCUT2D eigenvalue weighted by Crippen LogP contribution is 2.39. The first-order chi connectivity index (χ1) is 9.20. The molecule has 0 aliphatic carbocycles. The molecule has 2 atom stereocenters. The van der Waals surface area contributed by atoms with Crippen molar-refractivity contribution in [3.05, 3.63) is 41.5 Å². The number of fused-ring (bicyclic) bond motifs is 2. The zero-order chi connectivity index (χ0) is 13.4. The summed E-state index contributed by atoms with van der Waals surface area (Å²) in [6, 6.07) is 1.96. The van der Waals surface area contributed by atoms with Gasteiger partial charge >= 0.3 is 0 Å². The maximum absolute atomic E-state index is 13.7. The number of carbonyl (C=O) groups is 1. The number of allylic oxidation sites excluding steroid dienone is 1. The average molecular weight is 260 g/mol. The van der Waals surface area contributed by atoms with E-state index in [0.29, 0.717) is 0 Å². The molecule has 2 aliphatic heterocycles. The fourth-order valence-corrected chi connectivity index (χ4v) is 3.31. The number of nitrogens with zero attached hydrogens (tertiary/aromatic N) is 2. The van der Waals surface area contributed by atoms with Gasteiger partial charge in [-0.2, -0.15) is 0 Å². The molecular formula is C15H17FN2O. The summed E-state index contributed by atoms with van der Waals surface area (Å²) >= 11 is 0. The number of piperidine rings is 1. The van der Waals surface area contributed by atoms with E-state index >= 15 is 0 Å². The van der Waals surface area contributed by atoms with Crippen molar-refractivity contribution < 1.29 is 9.18 Å². The van der Waals surface area contributed by atoms with Crippen LogP contribution in [0.15, 0.2) is 30.1 Å². The van der Waals surface area contributed by atoms with Gasteiger partial charge in [0, 0.05) is 18.3 Å². The van der Waals surface area contributed by atoms with Gasteiger partial charge in [-0.1, -0.05) is 11.6 Å². The minimum absolute atomic E-state index is 0.149. The Labute approximate surface area is 112 Å². The number of rotatable bonds is 1. The van der Waals surface area contributed by atoms with Crippen LogP contribution in [0.25, 0.3) is 0 Å². The number of halogens is 1. The highest BCUT2D eigenvalue weighted by molar-refractivity contribution is 5.95. The van der Waals surface area contributed by atoms with Crippen molar-refractivity contribution in [2.24, 2.45) is 0 Å². The maximum atomic E-state index is 13.7. The largest absolute Gasteiger partial charge is 0.332 e. The van der Waals surface area contributed by atoms with Gasteiger partial charge in [-0.15, -0.1) is 0 Å². The first-order valence-electron chi connectivity index (χ1n) is 6.77. The molecule has 100 valence electrons. The maximum Gasteiger partial charge on any atom is 0.257 e. The van der Waals surface area contributed by atoms with Gasteiger partial charge < -0.3 is 4.90 Å². The molecule has 2 fully saturated rings. The second-order valence-electron chi connectivity index (χ2n) is 5.31. The molecule has 4 heteroatoms. The van der Waals surface area contributed by atoms with Crippen molar-refractivity contribution in [1.82, 2.24) is 9.88 Å². The summed E-state index contributed by atoms with van der Waals surface area (Å²) in [6.07, 6.45) is 8.66. The van der Waals surface area contributed by atoms with E-state index in [1.807, 2.05) is 4.90 Å². The Morgan fingerprint density at radius 3 is 2.68 bits per heavy atom. The number of hydrogen-bond acceptors (Lipinski definition) is 2. The van der Waals surface area contributed by atoms with Gasteiger partial charge in [0.15, 0.2) is 5.82 Å². The Kier molecular flexibility index (Phi) is 3.09. The third kappa shape index (κ3) is 2.05. The van der Waals surface area contributed by atoms with E-state index < -0.39 is 5.82 Å². The topological polar surface area (TPSA) is 33.2 Å². The standard InChI is InChI=1S/C15H17FN2O/c1-2-10-7-11-3-4-12(8-10)18(11)15(19)13-5-6-17-9-14(13)16/h2,5-6,9,11-12H,3-4,7-8H2,1H3. The van der Waals surface area contributed by atoms with Crippen LogP contribution in [0.1, 0.15) is 43.0 Å². The van der Waals surface area contributed by atoms with Gasteiger partial charge in [0.25, 0.3) is 5.91 Å². The Balaban J connectivity index is 1.88. The Morgan fingerprint density at radius 1 is 1.42 bits per heavy atom. The second-order valence-corrected chi connectivity index (χ2v) is 5.31. The van der Waals surface area contributed by atoms with E-state index in [4.69, 9.17) is 0 Å². The van der Waals surface area contributed by atoms with Gasteiger partial charge in [0.2, 0.25) is 0 Å². The number of amides is 1. The van der Waals surface area contributed by atoms with Crippen LogP contribution in [0, 0.1) is 5.82 Å². The van der Waals surface area contributed by atoms with Crippen LogP contribution in [0.3, 0.4) is 0 Å². The first-order valence-corrected chi connectivity index (χ1v) is 6.77. The highest BCUT2D eigenvalue weighted by atomic mass is 19.1. The Morgan fingerprint density at radius 2 is 2.11 bits per heavy atom. The normalized spacial score (nSPS) is 25.6. The molecule has 3 heterocycles. The molecule has 3 rings (SSSR count). The molecule has 0 radical (unpaired) electrons. The minimum Gasteiger partial charge on any atom is -0.332 e. The molecule has 0 spiro atoms. The highest BCUT2D eigenvalue weighted by Gasteiger charge is 2.41. The summed E-state index contributed by atoms with van der Waals surface area (Å²) < 4.78 is 13.7. The van der Waals surface area contributed by atoms with Gasteiger partial charge in [-0.05, 0) is 38.7 Å². The summed E-state index contributed by atoms with van der Waals surface area (Å²) in [5.41, 5.74) is 1.57. The number of pyridine rings is 1. The van der Waals surface area contributed by atoms with Crippen LogP contribution >= 0.6 is 0 Å². The molecule has 0 aromatic carbocycles. The van der Waals surface area contributed by atoms with Crippen LogP contribution in [-0.2, 0) is 0 Å². The SMILES string of the molecule is CC=C1CC2CCC(C1)N2C(=O)c1ccncc1F. The third-order valence-electron chi connectivity index (χ3n) is 4.26. The Hall–Kier alpha value is -1.71. The van der Waals surface area contributed by atoms with Crippen LogP contribution in [0.4, 0.5) is 4.39 Å². The number of carbonyl (C=O) groups excluding carboxylic acids is 1. The average Bonchev–Trinajstić information content (AvgIpc) is 2.69. The fraction of sp³-hybridized carbons (Fsp3) is 0.467. The van der Waals surface area contributed by atoms with E-state index in [9.17, 15) is 9.18 Å². The number of aromatic nitrogens is 1.